The van der Waals surface area contributed by atoms with Crippen molar-refractivity contribution in [3.05, 3.63) is 27.7 Å². The Balaban J connectivity index is 3.47. The first-order chi connectivity index (χ1) is 8.43. The highest BCUT2D eigenvalue weighted by Gasteiger charge is 2.44. The second-order valence-corrected chi connectivity index (χ2v) is 4.06. The van der Waals surface area contributed by atoms with Crippen molar-refractivity contribution in [3.8, 4) is 5.75 Å². The van der Waals surface area contributed by atoms with Crippen LogP contribution in [-0.2, 0) is 12.4 Å². The number of hydrogen-bond acceptors (Lipinski definition) is 1. The van der Waals surface area contributed by atoms with Crippen LogP contribution in [0.15, 0.2) is 16.6 Å². The van der Waals surface area contributed by atoms with Crippen molar-refractivity contribution in [2.24, 2.45) is 0 Å². The third-order valence-corrected chi connectivity index (χ3v) is 2.52. The van der Waals surface area contributed by atoms with Crippen molar-refractivity contribution in [1.29, 1.82) is 0 Å². The Bertz CT molecular complexity index is 465. The lowest BCUT2D eigenvalue weighted by molar-refractivity contribution is -0.162. The van der Waals surface area contributed by atoms with E-state index in [-0.39, 0.29) is 12.1 Å². The monoisotopic (exact) mass is 358 g/mol. The molecular formula is C9H3BrF8O. The minimum Gasteiger partial charge on any atom is -0.434 e. The highest BCUT2D eigenvalue weighted by atomic mass is 79.9. The van der Waals surface area contributed by atoms with E-state index in [2.05, 4.69) is 20.7 Å². The van der Waals surface area contributed by atoms with Crippen LogP contribution in [0, 0.1) is 0 Å². The van der Waals surface area contributed by atoms with Gasteiger partial charge in [0.05, 0.1) is 15.6 Å². The van der Waals surface area contributed by atoms with Crippen LogP contribution in [0.3, 0.4) is 0 Å². The van der Waals surface area contributed by atoms with Crippen LogP contribution in [0.25, 0.3) is 0 Å². The van der Waals surface area contributed by atoms with E-state index in [1.54, 1.807) is 0 Å². The van der Waals surface area contributed by atoms with Gasteiger partial charge in [0.1, 0.15) is 5.75 Å². The molecule has 0 aliphatic rings. The fraction of sp³-hybridized carbons (Fsp3) is 0.333. The van der Waals surface area contributed by atoms with Crippen LogP contribution in [0.4, 0.5) is 35.1 Å². The van der Waals surface area contributed by atoms with Gasteiger partial charge in [0, 0.05) is 0 Å². The summed E-state index contributed by atoms with van der Waals surface area (Å²) in [4.78, 5) is 0. The molecule has 1 aromatic carbocycles. The molecule has 0 atom stereocenters. The van der Waals surface area contributed by atoms with E-state index in [0.29, 0.717) is 0 Å². The van der Waals surface area contributed by atoms with Gasteiger partial charge in [0.2, 0.25) is 0 Å². The molecule has 0 saturated carbocycles. The van der Waals surface area contributed by atoms with Crippen LogP contribution < -0.4 is 4.74 Å². The maximum Gasteiger partial charge on any atom is 0.417 e. The summed E-state index contributed by atoms with van der Waals surface area (Å²) in [6.07, 6.45) is -10.6. The van der Waals surface area contributed by atoms with Gasteiger partial charge in [0.25, 0.3) is 0 Å². The molecule has 0 aliphatic carbocycles. The Morgan fingerprint density at radius 3 is 1.68 bits per heavy atom. The Morgan fingerprint density at radius 1 is 0.895 bits per heavy atom. The van der Waals surface area contributed by atoms with Gasteiger partial charge in [0.15, 0.2) is 0 Å². The van der Waals surface area contributed by atoms with Gasteiger partial charge < -0.3 is 4.74 Å². The molecule has 0 aliphatic heterocycles. The summed E-state index contributed by atoms with van der Waals surface area (Å²) in [5.74, 6) is -1.03. The zero-order valence-electron chi connectivity index (χ0n) is 8.54. The van der Waals surface area contributed by atoms with E-state index in [1.165, 1.54) is 0 Å². The van der Waals surface area contributed by atoms with Gasteiger partial charge in [-0.2, -0.15) is 35.1 Å². The average Bonchev–Trinajstić information content (AvgIpc) is 2.16. The van der Waals surface area contributed by atoms with Crippen molar-refractivity contribution < 1.29 is 39.9 Å². The lowest BCUT2D eigenvalue weighted by atomic mass is 10.1. The first-order valence-electron chi connectivity index (χ1n) is 4.35. The second kappa shape index (κ2) is 5.14. The molecular weight excluding hydrogens is 356 g/mol. The van der Waals surface area contributed by atoms with Crippen molar-refractivity contribution in [2.45, 2.75) is 19.0 Å². The van der Waals surface area contributed by atoms with E-state index in [4.69, 9.17) is 0 Å². The van der Waals surface area contributed by atoms with Gasteiger partial charge in [-0.3, -0.25) is 0 Å². The van der Waals surface area contributed by atoms with Crippen LogP contribution >= 0.6 is 15.9 Å². The Hall–Kier alpha value is -1.06. The van der Waals surface area contributed by atoms with E-state index >= 15 is 0 Å². The maximum absolute atomic E-state index is 12.5. The number of ether oxygens (including phenoxy) is 1. The normalized spacial score (nSPS) is 12.9. The molecule has 1 nitrogen and oxygen atoms in total. The summed E-state index contributed by atoms with van der Waals surface area (Å²) < 4.78 is 102. The molecule has 0 radical (unpaired) electrons. The molecule has 0 aromatic heterocycles. The van der Waals surface area contributed by atoms with E-state index in [9.17, 15) is 35.1 Å². The summed E-state index contributed by atoms with van der Waals surface area (Å²) in [7, 11) is 0. The van der Waals surface area contributed by atoms with Crippen molar-refractivity contribution >= 4 is 15.9 Å². The molecule has 0 bridgehead atoms. The van der Waals surface area contributed by atoms with Gasteiger partial charge in [-0.1, -0.05) is 0 Å². The highest BCUT2D eigenvalue weighted by Crippen LogP contribution is 2.44. The lowest BCUT2D eigenvalue weighted by Crippen LogP contribution is -2.17. The fourth-order valence-electron chi connectivity index (χ4n) is 1.21. The summed E-state index contributed by atoms with van der Waals surface area (Å²) in [6, 6.07) is -0.0837. The van der Waals surface area contributed by atoms with Gasteiger partial charge in [-0.25, -0.2) is 0 Å². The molecule has 0 saturated heterocycles. The molecule has 0 spiro atoms. The predicted molar refractivity (Wildman–Crippen MR) is 50.8 cm³/mol. The molecule has 19 heavy (non-hydrogen) atoms. The molecule has 0 fully saturated rings. The molecule has 1 aromatic rings. The average molecular weight is 359 g/mol. The van der Waals surface area contributed by atoms with Crippen molar-refractivity contribution in [2.75, 3.05) is 0 Å². The first kappa shape index (κ1) is 16.0. The third kappa shape index (κ3) is 3.95. The zero-order valence-corrected chi connectivity index (χ0v) is 10.1. The third-order valence-electron chi connectivity index (χ3n) is 1.90. The quantitative estimate of drug-likeness (QED) is 0.669. The van der Waals surface area contributed by atoms with Crippen LogP contribution in [0.2, 0.25) is 0 Å². The lowest BCUT2D eigenvalue weighted by Gasteiger charge is -2.17. The molecule has 10 heteroatoms. The summed E-state index contributed by atoms with van der Waals surface area (Å²) >= 11 is 2.44. The zero-order chi connectivity index (χ0) is 15.0. The minimum absolute atomic E-state index is 0.0422. The topological polar surface area (TPSA) is 9.23 Å². The molecule has 0 amide bonds. The van der Waals surface area contributed by atoms with Crippen molar-refractivity contribution in [3.63, 3.8) is 0 Å². The summed E-state index contributed by atoms with van der Waals surface area (Å²) in [6.45, 7) is -3.46. The van der Waals surface area contributed by atoms with Gasteiger partial charge in [-0.05, 0) is 28.1 Å². The van der Waals surface area contributed by atoms with E-state index in [1.807, 2.05) is 0 Å². The van der Waals surface area contributed by atoms with Crippen LogP contribution in [0.5, 0.6) is 5.75 Å². The largest absolute Gasteiger partial charge is 0.434 e. The minimum atomic E-state index is -5.36. The number of halogens is 9. The molecule has 0 heterocycles. The molecule has 108 valence electrons. The van der Waals surface area contributed by atoms with E-state index < -0.39 is 40.3 Å². The second-order valence-electron chi connectivity index (χ2n) is 3.20. The smallest absolute Gasteiger partial charge is 0.417 e. The van der Waals surface area contributed by atoms with E-state index in [0.717, 1.165) is 0 Å². The molecule has 0 N–H and O–H groups in total. The predicted octanol–water partition coefficient (Wildman–Crippen LogP) is 5.09. The fourth-order valence-corrected chi connectivity index (χ4v) is 1.65. The van der Waals surface area contributed by atoms with Gasteiger partial charge in [-0.15, -0.1) is 0 Å². The Labute approximate surface area is 109 Å². The van der Waals surface area contributed by atoms with Crippen molar-refractivity contribution in [1.82, 2.24) is 0 Å². The Kier molecular flexibility index (Phi) is 4.33. The summed E-state index contributed by atoms with van der Waals surface area (Å²) in [5, 5.41) is 0. The molecule has 0 unspecified atom stereocenters. The SMILES string of the molecule is FC(F)Oc1cc(C(F)(F)F)c(C(F)(F)F)cc1Br. The summed E-state index contributed by atoms with van der Waals surface area (Å²) in [5.41, 5.74) is -4.09. The Morgan fingerprint density at radius 2 is 1.32 bits per heavy atom. The highest BCUT2D eigenvalue weighted by molar-refractivity contribution is 9.10. The first-order valence-corrected chi connectivity index (χ1v) is 5.15. The number of benzene rings is 1. The number of hydrogen-bond donors (Lipinski definition) is 0. The maximum atomic E-state index is 12.5. The standard InChI is InChI=1S/C9H3BrF8O/c10-5-1-3(8(13,14)15)4(9(16,17)18)2-6(5)19-7(11)12/h1-2,7H. The van der Waals surface area contributed by atoms with Gasteiger partial charge >= 0.3 is 19.0 Å². The number of rotatable bonds is 2. The van der Waals surface area contributed by atoms with Crippen LogP contribution in [-0.4, -0.2) is 6.61 Å². The van der Waals surface area contributed by atoms with Crippen LogP contribution in [0.1, 0.15) is 11.1 Å². The molecule has 1 rings (SSSR count). The number of alkyl halides is 8.